The second-order valence-corrected chi connectivity index (χ2v) is 6.84. The van der Waals surface area contributed by atoms with Crippen molar-refractivity contribution in [1.82, 2.24) is 4.72 Å². The maximum Gasteiger partial charge on any atom is 0.326 e. The number of rotatable bonds is 2. The van der Waals surface area contributed by atoms with Gasteiger partial charge in [-0.25, -0.2) is 13.4 Å². The summed E-state index contributed by atoms with van der Waals surface area (Å²) in [4.78, 5) is 11.2. The molecular weight excluding hydrogens is 301 g/mol. The third-order valence-corrected chi connectivity index (χ3v) is 5.20. The molecule has 0 saturated carbocycles. The number of fused-ring (bicyclic) bond motifs is 1. The van der Waals surface area contributed by atoms with Crippen LogP contribution in [0.1, 0.15) is 11.1 Å². The average molecular weight is 315 g/mol. The Labute approximate surface area is 120 Å². The normalized spacial score (nSPS) is 23.2. The average Bonchev–Trinajstić information content (AvgIpc) is 2.90. The van der Waals surface area contributed by atoms with E-state index in [9.17, 15) is 22.7 Å². The molecule has 0 unspecified atom stereocenters. The fraction of sp³-hybridized carbons (Fsp3) is 0.417. The van der Waals surface area contributed by atoms with Crippen molar-refractivity contribution in [3.63, 3.8) is 0 Å². The Balaban J connectivity index is 2.12. The Morgan fingerprint density at radius 2 is 2.19 bits per heavy atom. The molecule has 1 heterocycles. The summed E-state index contributed by atoms with van der Waals surface area (Å²) in [7, 11) is -4.16. The van der Waals surface area contributed by atoms with Gasteiger partial charge in [0.1, 0.15) is 18.0 Å². The molecule has 3 rings (SSSR count). The molecule has 1 atom stereocenters. The lowest BCUT2D eigenvalue weighted by Gasteiger charge is -2.18. The molecule has 1 amide bonds. The highest BCUT2D eigenvalue weighted by Crippen LogP contribution is 2.41. The Bertz CT molecular complexity index is 735. The second kappa shape index (κ2) is 4.57. The molecule has 7 nitrogen and oxygen atoms in total. The Hall–Kier alpha value is -1.87. The molecule has 21 heavy (non-hydrogen) atoms. The highest BCUT2D eigenvalue weighted by atomic mass is 32.2. The Morgan fingerprint density at radius 3 is 2.76 bits per heavy atom. The van der Waals surface area contributed by atoms with Gasteiger partial charge in [0.15, 0.2) is 5.82 Å². The Morgan fingerprint density at radius 1 is 1.48 bits per heavy atom. The molecule has 2 aliphatic rings. The summed E-state index contributed by atoms with van der Waals surface area (Å²) in [6.45, 7) is -0.168. The number of nitrogens with two attached hydrogens (primary N) is 1. The van der Waals surface area contributed by atoms with Crippen LogP contribution in [0.4, 0.5) is 10.1 Å². The fourth-order valence-electron chi connectivity index (χ4n) is 2.84. The summed E-state index contributed by atoms with van der Waals surface area (Å²) >= 11 is 0. The van der Waals surface area contributed by atoms with Crippen LogP contribution in [0.25, 0.3) is 0 Å². The largest absolute Gasteiger partial charge is 0.506 e. The van der Waals surface area contributed by atoms with Crippen LogP contribution in [0.5, 0.6) is 5.75 Å². The molecule has 114 valence electrons. The minimum Gasteiger partial charge on any atom is -0.506 e. The van der Waals surface area contributed by atoms with E-state index in [1.165, 1.54) is 6.07 Å². The van der Waals surface area contributed by atoms with Gasteiger partial charge in [0, 0.05) is 0 Å². The van der Waals surface area contributed by atoms with E-state index in [4.69, 9.17) is 5.73 Å². The molecule has 4 N–H and O–H groups in total. The molecule has 1 fully saturated rings. The zero-order chi connectivity index (χ0) is 15.4. The van der Waals surface area contributed by atoms with Crippen molar-refractivity contribution in [3.05, 3.63) is 23.0 Å². The number of aromatic hydroxyl groups is 1. The van der Waals surface area contributed by atoms with E-state index >= 15 is 0 Å². The van der Waals surface area contributed by atoms with Crippen molar-refractivity contribution in [2.45, 2.75) is 12.8 Å². The number of nitrogens with zero attached hydrogens (tertiary/aromatic N) is 1. The van der Waals surface area contributed by atoms with Gasteiger partial charge in [0.2, 0.25) is 0 Å². The van der Waals surface area contributed by atoms with E-state index in [0.717, 1.165) is 0 Å². The van der Waals surface area contributed by atoms with Crippen molar-refractivity contribution in [3.8, 4) is 5.75 Å². The number of anilines is 1. The summed E-state index contributed by atoms with van der Waals surface area (Å²) < 4.78 is 40.5. The zero-order valence-electron chi connectivity index (χ0n) is 11.0. The van der Waals surface area contributed by atoms with Gasteiger partial charge in [-0.3, -0.25) is 4.79 Å². The number of phenols is 1. The van der Waals surface area contributed by atoms with Crippen LogP contribution in [-0.4, -0.2) is 32.5 Å². The SMILES string of the molecule is NC[C@H]1Cc2cc(O)c(N3CC(=O)NS3(=O)=O)c(F)c2C1. The quantitative estimate of drug-likeness (QED) is 0.673. The Kier molecular flexibility index (Phi) is 3.06. The minimum atomic E-state index is -4.16. The fourth-order valence-corrected chi connectivity index (χ4v) is 4.00. The smallest absolute Gasteiger partial charge is 0.326 e. The second-order valence-electron chi connectivity index (χ2n) is 5.24. The third kappa shape index (κ3) is 2.12. The lowest BCUT2D eigenvalue weighted by Crippen LogP contribution is -2.30. The summed E-state index contributed by atoms with van der Waals surface area (Å²) in [5.74, 6) is -2.00. The number of benzene rings is 1. The molecule has 1 aromatic rings. The molecule has 0 radical (unpaired) electrons. The molecular formula is C12H14FN3O4S. The van der Waals surface area contributed by atoms with E-state index in [1.807, 2.05) is 0 Å². The van der Waals surface area contributed by atoms with Gasteiger partial charge in [0.25, 0.3) is 5.91 Å². The maximum atomic E-state index is 14.6. The van der Waals surface area contributed by atoms with Gasteiger partial charge in [-0.15, -0.1) is 0 Å². The van der Waals surface area contributed by atoms with Crippen molar-refractivity contribution in [2.24, 2.45) is 11.7 Å². The molecule has 0 bridgehead atoms. The lowest BCUT2D eigenvalue weighted by atomic mass is 10.1. The van der Waals surface area contributed by atoms with Crippen LogP contribution in [0.15, 0.2) is 6.07 Å². The summed E-state index contributed by atoms with van der Waals surface area (Å²) in [5.41, 5.74) is 6.07. The summed E-state index contributed by atoms with van der Waals surface area (Å²) in [6.07, 6.45) is 0.931. The predicted octanol–water partition coefficient (Wildman–Crippen LogP) is -0.614. The zero-order valence-corrected chi connectivity index (χ0v) is 11.8. The number of halogens is 1. The predicted molar refractivity (Wildman–Crippen MR) is 72.4 cm³/mol. The molecule has 1 aliphatic heterocycles. The van der Waals surface area contributed by atoms with E-state index in [0.29, 0.717) is 34.8 Å². The highest BCUT2D eigenvalue weighted by Gasteiger charge is 2.39. The van der Waals surface area contributed by atoms with Crippen LogP contribution in [0.2, 0.25) is 0 Å². The standard InChI is InChI=1S/C12H14FN3O4S/c13-11-8-2-6(4-14)1-7(8)3-9(17)12(11)16-5-10(18)15-21(16,19)20/h3,6,17H,1-2,4-5,14H2,(H,15,18)/t6-/m0/s1. The first-order valence-electron chi connectivity index (χ1n) is 6.40. The van der Waals surface area contributed by atoms with Crippen LogP contribution in [0, 0.1) is 11.7 Å². The first-order valence-corrected chi connectivity index (χ1v) is 7.84. The minimum absolute atomic E-state index is 0.0686. The van der Waals surface area contributed by atoms with Crippen molar-refractivity contribution < 1.29 is 22.7 Å². The molecule has 1 saturated heterocycles. The molecule has 9 heteroatoms. The van der Waals surface area contributed by atoms with E-state index in [2.05, 4.69) is 0 Å². The summed E-state index contributed by atoms with van der Waals surface area (Å²) in [6, 6.07) is 1.35. The van der Waals surface area contributed by atoms with Crippen LogP contribution in [-0.2, 0) is 27.8 Å². The number of phenolic OH excluding ortho intramolecular Hbond substituents is 1. The first kappa shape index (κ1) is 14.1. The maximum absolute atomic E-state index is 14.6. The van der Waals surface area contributed by atoms with Crippen LogP contribution < -0.4 is 14.8 Å². The van der Waals surface area contributed by atoms with Gasteiger partial charge in [-0.2, -0.15) is 8.42 Å². The lowest BCUT2D eigenvalue weighted by molar-refractivity contribution is -0.117. The van der Waals surface area contributed by atoms with Crippen molar-refractivity contribution in [1.29, 1.82) is 0 Å². The van der Waals surface area contributed by atoms with Gasteiger partial charge < -0.3 is 10.8 Å². The van der Waals surface area contributed by atoms with E-state index in [1.54, 1.807) is 4.72 Å². The van der Waals surface area contributed by atoms with Crippen molar-refractivity contribution in [2.75, 3.05) is 17.4 Å². The topological polar surface area (TPSA) is 113 Å². The third-order valence-electron chi connectivity index (χ3n) is 3.82. The van der Waals surface area contributed by atoms with E-state index in [-0.39, 0.29) is 5.92 Å². The number of hydrogen-bond donors (Lipinski definition) is 3. The first-order chi connectivity index (χ1) is 9.83. The molecule has 0 aromatic heterocycles. The van der Waals surface area contributed by atoms with Crippen LogP contribution in [0.3, 0.4) is 0 Å². The van der Waals surface area contributed by atoms with Gasteiger partial charge >= 0.3 is 10.2 Å². The highest BCUT2D eigenvalue weighted by molar-refractivity contribution is 7.92. The molecule has 1 aromatic carbocycles. The molecule has 0 spiro atoms. The number of carbonyl (C=O) groups excluding carboxylic acids is 1. The number of hydrogen-bond acceptors (Lipinski definition) is 5. The van der Waals surface area contributed by atoms with Gasteiger partial charge in [-0.1, -0.05) is 0 Å². The molecule has 1 aliphatic carbocycles. The van der Waals surface area contributed by atoms with Gasteiger partial charge in [0.05, 0.1) is 0 Å². The van der Waals surface area contributed by atoms with E-state index < -0.39 is 39.9 Å². The number of amides is 1. The van der Waals surface area contributed by atoms with Crippen molar-refractivity contribution >= 4 is 21.8 Å². The number of carbonyl (C=O) groups is 1. The monoisotopic (exact) mass is 315 g/mol. The number of nitrogens with one attached hydrogen (secondary N) is 1. The van der Waals surface area contributed by atoms with Crippen LogP contribution >= 0.6 is 0 Å². The van der Waals surface area contributed by atoms with Gasteiger partial charge in [-0.05, 0) is 42.5 Å². The summed E-state index contributed by atoms with van der Waals surface area (Å²) in [5, 5.41) is 9.98.